The Labute approximate surface area is 186 Å². The largest absolute Gasteiger partial charge is 0.508 e. The van der Waals surface area contributed by atoms with E-state index in [1.165, 1.54) is 24.0 Å². The number of phenols is 1. The first-order chi connectivity index (χ1) is 15.1. The number of amides is 1. The van der Waals surface area contributed by atoms with Crippen LogP contribution in [0.25, 0.3) is 0 Å². The third-order valence-electron chi connectivity index (χ3n) is 7.20. The zero-order valence-electron chi connectivity index (χ0n) is 19.1. The number of aryl methyl sites for hydroxylation is 1. The van der Waals surface area contributed by atoms with Gasteiger partial charge in [0.25, 0.3) is 0 Å². The van der Waals surface area contributed by atoms with Gasteiger partial charge in [-0.05, 0) is 62.6 Å². The second kappa shape index (κ2) is 9.90. The molecule has 31 heavy (non-hydrogen) atoms. The zero-order chi connectivity index (χ0) is 21.8. The molecule has 1 aromatic carbocycles. The Hall–Kier alpha value is -2.28. The van der Waals surface area contributed by atoms with Crippen LogP contribution >= 0.6 is 0 Å². The van der Waals surface area contributed by atoms with Gasteiger partial charge in [0, 0.05) is 58.4 Å². The lowest BCUT2D eigenvalue weighted by Gasteiger charge is -2.39. The predicted octanol–water partition coefficient (Wildman–Crippen LogP) is 1.97. The first-order valence-corrected chi connectivity index (χ1v) is 11.9. The molecule has 2 aliphatic heterocycles. The molecule has 1 aliphatic carbocycles. The monoisotopic (exact) mass is 427 g/mol. The number of rotatable bonds is 4. The van der Waals surface area contributed by atoms with Gasteiger partial charge in [0.1, 0.15) is 5.75 Å². The van der Waals surface area contributed by atoms with Gasteiger partial charge < -0.3 is 20.2 Å². The summed E-state index contributed by atoms with van der Waals surface area (Å²) in [5.74, 6) is 1.52. The van der Waals surface area contributed by atoms with E-state index >= 15 is 0 Å². The number of hydrogen-bond donors (Lipinski definition) is 2. The summed E-state index contributed by atoms with van der Waals surface area (Å²) < 4.78 is 0. The molecule has 0 saturated carbocycles. The molecular formula is C24H37N5O2. The van der Waals surface area contributed by atoms with Gasteiger partial charge in [0.15, 0.2) is 5.96 Å². The highest BCUT2D eigenvalue weighted by Gasteiger charge is 2.30. The van der Waals surface area contributed by atoms with Crippen LogP contribution in [0.4, 0.5) is 0 Å². The number of piperazine rings is 1. The zero-order valence-corrected chi connectivity index (χ0v) is 19.1. The lowest BCUT2D eigenvalue weighted by atomic mass is 9.88. The van der Waals surface area contributed by atoms with Gasteiger partial charge in [-0.2, -0.15) is 0 Å². The molecule has 0 aromatic heterocycles. The standard InChI is InChI=1S/C24H37N5O2/c1-18(23(31)28-11-5-6-12-28)27-13-15-29(16-14-27)24(25-2)26-17-21-20-8-4-3-7-19(20)9-10-22(21)30/h9-10,18,30H,3-8,11-17H2,1-2H3,(H,25,26). The summed E-state index contributed by atoms with van der Waals surface area (Å²) in [6.45, 7) is 7.86. The van der Waals surface area contributed by atoms with Gasteiger partial charge in [-0.3, -0.25) is 14.7 Å². The predicted molar refractivity (Wildman–Crippen MR) is 123 cm³/mol. The van der Waals surface area contributed by atoms with E-state index in [-0.39, 0.29) is 11.9 Å². The van der Waals surface area contributed by atoms with Crippen molar-refractivity contribution in [3.05, 3.63) is 28.8 Å². The van der Waals surface area contributed by atoms with Crippen molar-refractivity contribution in [2.75, 3.05) is 46.3 Å². The second-order valence-electron chi connectivity index (χ2n) is 9.04. The van der Waals surface area contributed by atoms with Crippen molar-refractivity contribution >= 4 is 11.9 Å². The Morgan fingerprint density at radius 1 is 1.03 bits per heavy atom. The molecule has 4 rings (SSSR count). The Morgan fingerprint density at radius 3 is 2.45 bits per heavy atom. The van der Waals surface area contributed by atoms with Crippen molar-refractivity contribution in [2.45, 2.75) is 58.0 Å². The molecule has 2 fully saturated rings. The van der Waals surface area contributed by atoms with Crippen molar-refractivity contribution in [3.8, 4) is 5.75 Å². The fourth-order valence-electron chi connectivity index (χ4n) is 5.27. The normalized spacial score (nSPS) is 21.2. The minimum atomic E-state index is -0.0528. The summed E-state index contributed by atoms with van der Waals surface area (Å²) >= 11 is 0. The minimum Gasteiger partial charge on any atom is -0.508 e. The molecule has 2 saturated heterocycles. The number of likely N-dealkylation sites (tertiary alicyclic amines) is 1. The fraction of sp³-hybridized carbons (Fsp3) is 0.667. The lowest BCUT2D eigenvalue weighted by molar-refractivity contribution is -0.135. The fourth-order valence-corrected chi connectivity index (χ4v) is 5.27. The second-order valence-corrected chi connectivity index (χ2v) is 9.04. The number of fused-ring (bicyclic) bond motifs is 1. The number of guanidine groups is 1. The van der Waals surface area contributed by atoms with Gasteiger partial charge in [-0.25, -0.2) is 0 Å². The lowest BCUT2D eigenvalue weighted by Crippen LogP contribution is -2.57. The smallest absolute Gasteiger partial charge is 0.239 e. The summed E-state index contributed by atoms with van der Waals surface area (Å²) in [5, 5.41) is 13.9. The van der Waals surface area contributed by atoms with Gasteiger partial charge in [0.05, 0.1) is 6.04 Å². The Morgan fingerprint density at radius 2 is 1.74 bits per heavy atom. The van der Waals surface area contributed by atoms with Crippen LogP contribution in [0.1, 0.15) is 49.3 Å². The number of phenolic OH excluding ortho intramolecular Hbond substituents is 1. The molecular weight excluding hydrogens is 390 g/mol. The van der Waals surface area contributed by atoms with E-state index in [1.807, 2.05) is 24.9 Å². The number of carbonyl (C=O) groups is 1. The summed E-state index contributed by atoms with van der Waals surface area (Å²) in [5.41, 5.74) is 3.70. The van der Waals surface area contributed by atoms with Crippen LogP contribution in [0.15, 0.2) is 17.1 Å². The number of carbonyl (C=O) groups excluding carboxylic acids is 1. The average molecular weight is 428 g/mol. The van der Waals surface area contributed by atoms with Crippen LogP contribution in [0.3, 0.4) is 0 Å². The van der Waals surface area contributed by atoms with Gasteiger partial charge in [0.2, 0.25) is 5.91 Å². The van der Waals surface area contributed by atoms with Crippen molar-refractivity contribution in [1.29, 1.82) is 0 Å². The molecule has 1 amide bonds. The van der Waals surface area contributed by atoms with Crippen LogP contribution < -0.4 is 5.32 Å². The third-order valence-corrected chi connectivity index (χ3v) is 7.20. The van der Waals surface area contributed by atoms with Gasteiger partial charge in [-0.1, -0.05) is 6.07 Å². The number of hydrogen-bond acceptors (Lipinski definition) is 4. The molecule has 7 heteroatoms. The van der Waals surface area contributed by atoms with Crippen molar-refractivity contribution < 1.29 is 9.90 Å². The highest BCUT2D eigenvalue weighted by Crippen LogP contribution is 2.30. The van der Waals surface area contributed by atoms with E-state index in [9.17, 15) is 9.90 Å². The molecule has 1 atom stereocenters. The molecule has 2 heterocycles. The van der Waals surface area contributed by atoms with E-state index in [1.54, 1.807) is 0 Å². The number of nitrogens with zero attached hydrogens (tertiary/aromatic N) is 4. The Bertz CT molecular complexity index is 810. The van der Waals surface area contributed by atoms with Crippen LogP contribution in [0, 0.1) is 0 Å². The van der Waals surface area contributed by atoms with Crippen LogP contribution in [0.2, 0.25) is 0 Å². The van der Waals surface area contributed by atoms with E-state index in [0.717, 1.165) is 76.5 Å². The van der Waals surface area contributed by atoms with Crippen LogP contribution in [-0.4, -0.2) is 84.0 Å². The highest BCUT2D eigenvalue weighted by atomic mass is 16.3. The molecule has 2 N–H and O–H groups in total. The summed E-state index contributed by atoms with van der Waals surface area (Å²) in [7, 11) is 1.81. The molecule has 0 spiro atoms. The first-order valence-electron chi connectivity index (χ1n) is 11.9. The minimum absolute atomic E-state index is 0.0528. The van der Waals surface area contributed by atoms with Crippen molar-refractivity contribution in [2.24, 2.45) is 4.99 Å². The van der Waals surface area contributed by atoms with E-state index < -0.39 is 0 Å². The maximum atomic E-state index is 12.7. The maximum absolute atomic E-state index is 12.7. The van der Waals surface area contributed by atoms with E-state index in [2.05, 4.69) is 26.2 Å². The summed E-state index contributed by atoms with van der Waals surface area (Å²) in [6.07, 6.45) is 6.83. The summed E-state index contributed by atoms with van der Waals surface area (Å²) in [4.78, 5) is 23.8. The van der Waals surface area contributed by atoms with E-state index in [4.69, 9.17) is 0 Å². The average Bonchev–Trinajstić information content (AvgIpc) is 3.35. The van der Waals surface area contributed by atoms with E-state index in [0.29, 0.717) is 12.3 Å². The van der Waals surface area contributed by atoms with Gasteiger partial charge in [-0.15, -0.1) is 0 Å². The highest BCUT2D eigenvalue weighted by molar-refractivity contribution is 5.82. The molecule has 3 aliphatic rings. The molecule has 7 nitrogen and oxygen atoms in total. The molecule has 0 radical (unpaired) electrons. The topological polar surface area (TPSA) is 71.4 Å². The number of aliphatic imine (C=N–C) groups is 1. The Kier molecular flexibility index (Phi) is 7.00. The SMILES string of the molecule is CN=C(NCc1c(O)ccc2c1CCCC2)N1CCN(C(C)C(=O)N2CCCC2)CC1. The molecule has 0 bridgehead atoms. The number of benzene rings is 1. The van der Waals surface area contributed by atoms with Crippen LogP contribution in [0.5, 0.6) is 5.75 Å². The third kappa shape index (κ3) is 4.81. The Balaban J connectivity index is 1.33. The molecule has 1 unspecified atom stereocenters. The van der Waals surface area contributed by atoms with Gasteiger partial charge >= 0.3 is 0 Å². The summed E-state index contributed by atoms with van der Waals surface area (Å²) in [6, 6.07) is 3.86. The number of nitrogens with one attached hydrogen (secondary N) is 1. The van der Waals surface area contributed by atoms with Crippen molar-refractivity contribution in [3.63, 3.8) is 0 Å². The molecule has 1 aromatic rings. The molecule has 170 valence electrons. The van der Waals surface area contributed by atoms with Crippen LogP contribution in [-0.2, 0) is 24.2 Å². The maximum Gasteiger partial charge on any atom is 0.239 e. The number of aromatic hydroxyl groups is 1. The quantitative estimate of drug-likeness (QED) is 0.568. The van der Waals surface area contributed by atoms with Crippen molar-refractivity contribution in [1.82, 2.24) is 20.0 Å². The first kappa shape index (κ1) is 21.9.